The third-order valence-electron chi connectivity index (χ3n) is 6.35. The number of hydrogen-bond acceptors (Lipinski definition) is 3. The number of hydrogen-bond donors (Lipinski definition) is 1. The van der Waals surface area contributed by atoms with E-state index in [-0.39, 0.29) is 16.7 Å². The molecule has 1 N–H and O–H groups in total. The molecule has 130 valence electrons. The fraction of sp³-hybridized carbons (Fsp3) is 0.889. The van der Waals surface area contributed by atoms with Crippen molar-refractivity contribution in [3.63, 3.8) is 0 Å². The van der Waals surface area contributed by atoms with Gasteiger partial charge < -0.3 is 10.2 Å². The molecule has 0 aromatic rings. The van der Waals surface area contributed by atoms with Crippen LogP contribution in [0.1, 0.15) is 52.4 Å². The zero-order valence-corrected chi connectivity index (χ0v) is 14.7. The summed E-state index contributed by atoms with van der Waals surface area (Å²) in [4.78, 5) is 29.0. The van der Waals surface area contributed by atoms with Crippen LogP contribution in [0.25, 0.3) is 0 Å². The van der Waals surface area contributed by atoms with Crippen LogP contribution in [-0.4, -0.2) is 60.9 Å². The maximum Gasteiger partial charge on any atom is 0.228 e. The molecular weight excluding hydrogens is 290 g/mol. The molecule has 0 spiro atoms. The predicted octanol–water partition coefficient (Wildman–Crippen LogP) is 1.63. The Hall–Kier alpha value is -1.10. The van der Waals surface area contributed by atoms with Crippen LogP contribution in [0.15, 0.2) is 0 Å². The van der Waals surface area contributed by atoms with Gasteiger partial charge in [-0.3, -0.25) is 14.5 Å². The van der Waals surface area contributed by atoms with Gasteiger partial charge in [0.05, 0.1) is 0 Å². The Morgan fingerprint density at radius 1 is 0.913 bits per heavy atom. The predicted molar refractivity (Wildman–Crippen MR) is 89.9 cm³/mol. The van der Waals surface area contributed by atoms with Gasteiger partial charge in [0.25, 0.3) is 0 Å². The van der Waals surface area contributed by atoms with E-state index in [9.17, 15) is 9.59 Å². The van der Waals surface area contributed by atoms with Crippen molar-refractivity contribution < 1.29 is 9.59 Å². The molecule has 2 saturated carbocycles. The van der Waals surface area contributed by atoms with Gasteiger partial charge in [-0.05, 0) is 25.7 Å². The molecule has 2 amide bonds. The Morgan fingerprint density at radius 2 is 1.48 bits per heavy atom. The lowest BCUT2D eigenvalue weighted by Crippen LogP contribution is -2.55. The average Bonchev–Trinajstić information content (AvgIpc) is 2.50. The third kappa shape index (κ3) is 3.39. The molecule has 0 unspecified atom stereocenters. The van der Waals surface area contributed by atoms with Gasteiger partial charge in [-0.25, -0.2) is 0 Å². The highest BCUT2D eigenvalue weighted by molar-refractivity contribution is 5.83. The molecule has 0 aromatic heterocycles. The van der Waals surface area contributed by atoms with Crippen molar-refractivity contribution in [1.82, 2.24) is 15.1 Å². The minimum atomic E-state index is -0.108. The topological polar surface area (TPSA) is 52.7 Å². The molecule has 3 rings (SSSR count). The zero-order valence-electron chi connectivity index (χ0n) is 14.7. The summed E-state index contributed by atoms with van der Waals surface area (Å²) in [5.41, 5.74) is -0.183. The van der Waals surface area contributed by atoms with Gasteiger partial charge in [0.1, 0.15) is 0 Å². The highest BCUT2D eigenvalue weighted by Crippen LogP contribution is 2.42. The van der Waals surface area contributed by atoms with E-state index in [1.54, 1.807) is 0 Å². The first-order chi connectivity index (χ1) is 10.9. The van der Waals surface area contributed by atoms with Crippen molar-refractivity contribution >= 4 is 11.8 Å². The van der Waals surface area contributed by atoms with E-state index < -0.39 is 0 Å². The first-order valence-electron chi connectivity index (χ1n) is 9.23. The molecule has 3 aliphatic rings. The van der Waals surface area contributed by atoms with Crippen molar-refractivity contribution in [3.05, 3.63) is 0 Å². The molecule has 0 radical (unpaired) electrons. The summed E-state index contributed by atoms with van der Waals surface area (Å²) in [5, 5.41) is 3.09. The van der Waals surface area contributed by atoms with Crippen LogP contribution >= 0.6 is 0 Å². The van der Waals surface area contributed by atoms with Crippen LogP contribution < -0.4 is 5.32 Å². The monoisotopic (exact) mass is 321 g/mol. The fourth-order valence-electron chi connectivity index (χ4n) is 3.95. The molecule has 2 aliphatic carbocycles. The van der Waals surface area contributed by atoms with E-state index in [2.05, 4.69) is 24.1 Å². The number of nitrogens with zero attached hydrogens (tertiary/aromatic N) is 2. The second-order valence-electron chi connectivity index (χ2n) is 8.22. The van der Waals surface area contributed by atoms with Crippen LogP contribution in [0, 0.1) is 10.8 Å². The number of piperazine rings is 1. The van der Waals surface area contributed by atoms with Gasteiger partial charge in [0.15, 0.2) is 0 Å². The smallest absolute Gasteiger partial charge is 0.228 e. The van der Waals surface area contributed by atoms with Crippen LogP contribution in [0.5, 0.6) is 0 Å². The summed E-state index contributed by atoms with van der Waals surface area (Å²) < 4.78 is 0. The molecule has 23 heavy (non-hydrogen) atoms. The molecule has 0 bridgehead atoms. The summed E-state index contributed by atoms with van der Waals surface area (Å²) in [5.74, 6) is 0.574. The van der Waals surface area contributed by atoms with Crippen molar-refractivity contribution in [2.45, 2.75) is 52.4 Å². The Bertz CT molecular complexity index is 458. The molecule has 1 saturated heterocycles. The van der Waals surface area contributed by atoms with E-state index in [1.165, 1.54) is 12.8 Å². The standard InChI is InChI=1S/C18H31N3O2/c1-17(5-3-6-17)15(22)19-9-10-20-11-13-21(14-12-20)16(23)18(2)7-4-8-18/h3-14H2,1-2H3,(H,19,22). The Kier molecular flexibility index (Phi) is 4.68. The lowest BCUT2D eigenvalue weighted by molar-refractivity contribution is -0.147. The molecule has 0 aromatic carbocycles. The van der Waals surface area contributed by atoms with E-state index in [4.69, 9.17) is 0 Å². The molecular formula is C18H31N3O2. The second kappa shape index (κ2) is 6.42. The van der Waals surface area contributed by atoms with Crippen molar-refractivity contribution in [2.24, 2.45) is 10.8 Å². The van der Waals surface area contributed by atoms with Gasteiger partial charge in [0.2, 0.25) is 11.8 Å². The Balaban J connectivity index is 1.35. The summed E-state index contributed by atoms with van der Waals surface area (Å²) in [6, 6.07) is 0. The van der Waals surface area contributed by atoms with Gasteiger partial charge in [-0.15, -0.1) is 0 Å². The highest BCUT2D eigenvalue weighted by Gasteiger charge is 2.42. The van der Waals surface area contributed by atoms with E-state index in [0.717, 1.165) is 65.0 Å². The van der Waals surface area contributed by atoms with Crippen LogP contribution in [0.2, 0.25) is 0 Å². The molecule has 5 nitrogen and oxygen atoms in total. The normalized spacial score (nSPS) is 26.1. The van der Waals surface area contributed by atoms with Crippen LogP contribution in [0.4, 0.5) is 0 Å². The lowest BCUT2D eigenvalue weighted by Gasteiger charge is -2.43. The minimum absolute atomic E-state index is 0.0750. The first kappa shape index (κ1) is 16.7. The highest BCUT2D eigenvalue weighted by atomic mass is 16.2. The van der Waals surface area contributed by atoms with Gasteiger partial charge in [-0.2, -0.15) is 0 Å². The summed E-state index contributed by atoms with van der Waals surface area (Å²) in [6.07, 6.45) is 6.53. The molecule has 5 heteroatoms. The number of carbonyl (C=O) groups is 2. The largest absolute Gasteiger partial charge is 0.354 e. The fourth-order valence-corrected chi connectivity index (χ4v) is 3.95. The first-order valence-corrected chi connectivity index (χ1v) is 9.23. The summed E-state index contributed by atoms with van der Waals surface area (Å²) >= 11 is 0. The summed E-state index contributed by atoms with van der Waals surface area (Å²) in [6.45, 7) is 9.31. The van der Waals surface area contributed by atoms with Crippen LogP contribution in [-0.2, 0) is 9.59 Å². The average molecular weight is 321 g/mol. The van der Waals surface area contributed by atoms with Crippen molar-refractivity contribution in [1.29, 1.82) is 0 Å². The quantitative estimate of drug-likeness (QED) is 0.837. The van der Waals surface area contributed by atoms with E-state index in [0.29, 0.717) is 5.91 Å². The van der Waals surface area contributed by atoms with Gasteiger partial charge in [0, 0.05) is 50.1 Å². The molecule has 0 atom stereocenters. The molecule has 1 aliphatic heterocycles. The third-order valence-corrected chi connectivity index (χ3v) is 6.35. The maximum atomic E-state index is 12.5. The number of carbonyl (C=O) groups excluding carboxylic acids is 2. The minimum Gasteiger partial charge on any atom is -0.354 e. The Labute approximate surface area is 139 Å². The van der Waals surface area contributed by atoms with E-state index >= 15 is 0 Å². The second-order valence-corrected chi connectivity index (χ2v) is 8.22. The van der Waals surface area contributed by atoms with E-state index in [1.807, 2.05) is 4.90 Å². The van der Waals surface area contributed by atoms with Gasteiger partial charge >= 0.3 is 0 Å². The van der Waals surface area contributed by atoms with Crippen LogP contribution in [0.3, 0.4) is 0 Å². The lowest BCUT2D eigenvalue weighted by atomic mass is 9.69. The van der Waals surface area contributed by atoms with Gasteiger partial charge in [-0.1, -0.05) is 26.7 Å². The number of nitrogens with one attached hydrogen (secondary N) is 1. The maximum absolute atomic E-state index is 12.5. The zero-order chi connectivity index (χ0) is 16.5. The molecule has 3 fully saturated rings. The number of amides is 2. The SMILES string of the molecule is CC1(C(=O)NCCN2CCN(C(=O)C3(C)CCC3)CC2)CCC1. The molecule has 1 heterocycles. The number of rotatable bonds is 5. The van der Waals surface area contributed by atoms with Crippen molar-refractivity contribution in [3.8, 4) is 0 Å². The van der Waals surface area contributed by atoms with Crippen molar-refractivity contribution in [2.75, 3.05) is 39.3 Å². The summed E-state index contributed by atoms with van der Waals surface area (Å²) in [7, 11) is 0. The Morgan fingerprint density at radius 3 is 1.96 bits per heavy atom.